The van der Waals surface area contributed by atoms with Crippen LogP contribution in [-0.2, 0) is 12.1 Å². The van der Waals surface area contributed by atoms with E-state index >= 15 is 0 Å². The van der Waals surface area contributed by atoms with Gasteiger partial charge in [-0.3, -0.25) is 0 Å². The maximum absolute atomic E-state index is 5.92. The molecule has 2 aromatic rings. The van der Waals surface area contributed by atoms with Gasteiger partial charge in [0.1, 0.15) is 0 Å². The summed E-state index contributed by atoms with van der Waals surface area (Å²) >= 11 is 5.92. The Balaban J connectivity index is 1.82. The van der Waals surface area contributed by atoms with Crippen LogP contribution in [0.1, 0.15) is 25.8 Å². The van der Waals surface area contributed by atoms with Crippen molar-refractivity contribution in [2.24, 2.45) is 0 Å². The van der Waals surface area contributed by atoms with Gasteiger partial charge in [-0.05, 0) is 44.5 Å². The van der Waals surface area contributed by atoms with Crippen LogP contribution in [-0.4, -0.2) is 16.1 Å². The van der Waals surface area contributed by atoms with Crippen LogP contribution < -0.4 is 5.32 Å². The number of aryl methyl sites for hydroxylation is 1. The summed E-state index contributed by atoms with van der Waals surface area (Å²) in [6, 6.07) is 8.02. The molecule has 0 amide bonds. The van der Waals surface area contributed by atoms with Gasteiger partial charge in [0.05, 0.1) is 6.33 Å². The van der Waals surface area contributed by atoms with Gasteiger partial charge >= 0.3 is 0 Å². The molecule has 0 unspecified atom stereocenters. The maximum Gasteiger partial charge on any atom is 0.0945 e. The van der Waals surface area contributed by atoms with E-state index in [0.717, 1.165) is 24.5 Å². The Morgan fingerprint density at radius 3 is 2.63 bits per heavy atom. The third-order valence-corrected chi connectivity index (χ3v) is 3.54. The minimum absolute atomic E-state index is 0.0421. The molecule has 0 spiro atoms. The van der Waals surface area contributed by atoms with Crippen molar-refractivity contribution in [1.29, 1.82) is 0 Å². The lowest BCUT2D eigenvalue weighted by atomic mass is 9.94. The summed E-state index contributed by atoms with van der Waals surface area (Å²) in [6.07, 6.45) is 6.73. The Kier molecular flexibility index (Phi) is 4.61. The van der Waals surface area contributed by atoms with Crippen LogP contribution in [0.15, 0.2) is 43.0 Å². The highest BCUT2D eigenvalue weighted by molar-refractivity contribution is 6.30. The highest BCUT2D eigenvalue weighted by Crippen LogP contribution is 2.21. The Labute approximate surface area is 119 Å². The van der Waals surface area contributed by atoms with Gasteiger partial charge in [0, 0.05) is 29.5 Å². The minimum Gasteiger partial charge on any atom is -0.337 e. The van der Waals surface area contributed by atoms with E-state index in [1.54, 1.807) is 0 Å². The summed E-state index contributed by atoms with van der Waals surface area (Å²) < 4.78 is 2.09. The fourth-order valence-electron chi connectivity index (χ4n) is 2.05. The smallest absolute Gasteiger partial charge is 0.0945 e. The fourth-order valence-corrected chi connectivity index (χ4v) is 2.18. The van der Waals surface area contributed by atoms with Crippen LogP contribution in [0.25, 0.3) is 0 Å². The van der Waals surface area contributed by atoms with Crippen molar-refractivity contribution < 1.29 is 0 Å². The monoisotopic (exact) mass is 277 g/mol. The normalized spacial score (nSPS) is 11.7. The Bertz CT molecular complexity index is 489. The van der Waals surface area contributed by atoms with Crippen LogP contribution in [0.2, 0.25) is 5.02 Å². The molecule has 0 saturated heterocycles. The molecule has 1 heterocycles. The zero-order valence-corrected chi connectivity index (χ0v) is 12.2. The maximum atomic E-state index is 5.92. The highest BCUT2D eigenvalue weighted by atomic mass is 35.5. The molecule has 0 radical (unpaired) electrons. The molecule has 0 bridgehead atoms. The molecule has 1 aromatic heterocycles. The van der Waals surface area contributed by atoms with Crippen molar-refractivity contribution in [3.63, 3.8) is 0 Å². The number of hydrogen-bond acceptors (Lipinski definition) is 2. The largest absolute Gasteiger partial charge is 0.337 e. The molecule has 3 nitrogen and oxygen atoms in total. The number of halogens is 1. The SMILES string of the molecule is CC(C)(NCCCn1ccnc1)c1ccc(Cl)cc1. The standard InChI is InChI=1S/C15H20ClN3/c1-15(2,13-4-6-14(16)7-5-13)18-8-3-10-19-11-9-17-12-19/h4-7,9,11-12,18H,3,8,10H2,1-2H3. The molecule has 0 saturated carbocycles. The predicted molar refractivity (Wildman–Crippen MR) is 79.3 cm³/mol. The Morgan fingerprint density at radius 1 is 1.26 bits per heavy atom. The third kappa shape index (κ3) is 4.08. The second kappa shape index (κ2) is 6.22. The summed E-state index contributed by atoms with van der Waals surface area (Å²) in [5.74, 6) is 0. The summed E-state index contributed by atoms with van der Waals surface area (Å²) in [6.45, 7) is 6.33. The van der Waals surface area contributed by atoms with Crippen LogP contribution in [0, 0.1) is 0 Å². The van der Waals surface area contributed by atoms with Gasteiger partial charge in [0.25, 0.3) is 0 Å². The van der Waals surface area contributed by atoms with Crippen LogP contribution >= 0.6 is 11.6 Å². The Hall–Kier alpha value is -1.32. The lowest BCUT2D eigenvalue weighted by Crippen LogP contribution is -2.37. The minimum atomic E-state index is -0.0421. The molecule has 2 rings (SSSR count). The third-order valence-electron chi connectivity index (χ3n) is 3.29. The first-order valence-electron chi connectivity index (χ1n) is 6.55. The molecule has 0 aliphatic heterocycles. The van der Waals surface area contributed by atoms with E-state index in [2.05, 4.69) is 40.8 Å². The summed E-state index contributed by atoms with van der Waals surface area (Å²) in [7, 11) is 0. The van der Waals surface area contributed by atoms with E-state index in [9.17, 15) is 0 Å². The first kappa shape index (κ1) is 14.1. The average molecular weight is 278 g/mol. The van der Waals surface area contributed by atoms with Gasteiger partial charge in [0.2, 0.25) is 0 Å². The van der Waals surface area contributed by atoms with Gasteiger partial charge in [-0.25, -0.2) is 4.98 Å². The number of hydrogen-bond donors (Lipinski definition) is 1. The number of benzene rings is 1. The van der Waals surface area contributed by atoms with E-state index in [1.807, 2.05) is 30.9 Å². The summed E-state index contributed by atoms with van der Waals surface area (Å²) in [5.41, 5.74) is 1.21. The van der Waals surface area contributed by atoms with Crippen molar-refractivity contribution in [2.75, 3.05) is 6.54 Å². The predicted octanol–water partition coefficient (Wildman–Crippen LogP) is 3.45. The zero-order chi connectivity index (χ0) is 13.7. The van der Waals surface area contributed by atoms with E-state index in [-0.39, 0.29) is 5.54 Å². The number of aromatic nitrogens is 2. The molecule has 0 atom stereocenters. The van der Waals surface area contributed by atoms with Crippen LogP contribution in [0.4, 0.5) is 0 Å². The molecular weight excluding hydrogens is 258 g/mol. The Morgan fingerprint density at radius 2 is 2.00 bits per heavy atom. The number of rotatable bonds is 6. The quantitative estimate of drug-likeness (QED) is 0.820. The number of nitrogens with one attached hydrogen (secondary N) is 1. The van der Waals surface area contributed by atoms with Crippen molar-refractivity contribution in [3.05, 3.63) is 53.6 Å². The van der Waals surface area contributed by atoms with E-state index in [1.165, 1.54) is 5.56 Å². The molecule has 0 aliphatic rings. The lowest BCUT2D eigenvalue weighted by Gasteiger charge is -2.27. The van der Waals surface area contributed by atoms with E-state index in [4.69, 9.17) is 11.6 Å². The second-order valence-electron chi connectivity index (χ2n) is 5.21. The second-order valence-corrected chi connectivity index (χ2v) is 5.65. The van der Waals surface area contributed by atoms with Gasteiger partial charge < -0.3 is 9.88 Å². The number of imidazole rings is 1. The molecular formula is C15H20ClN3. The first-order valence-corrected chi connectivity index (χ1v) is 6.92. The first-order chi connectivity index (χ1) is 9.08. The van der Waals surface area contributed by atoms with Crippen LogP contribution in [0.5, 0.6) is 0 Å². The molecule has 19 heavy (non-hydrogen) atoms. The summed E-state index contributed by atoms with van der Waals surface area (Å²) in [4.78, 5) is 4.04. The molecule has 1 N–H and O–H groups in total. The van der Waals surface area contributed by atoms with Gasteiger partial charge in [-0.2, -0.15) is 0 Å². The van der Waals surface area contributed by atoms with E-state index < -0.39 is 0 Å². The molecule has 102 valence electrons. The zero-order valence-electron chi connectivity index (χ0n) is 11.4. The van der Waals surface area contributed by atoms with Gasteiger partial charge in [-0.1, -0.05) is 23.7 Å². The lowest BCUT2D eigenvalue weighted by molar-refractivity contribution is 0.393. The number of nitrogens with zero attached hydrogens (tertiary/aromatic N) is 2. The molecule has 1 aromatic carbocycles. The van der Waals surface area contributed by atoms with Gasteiger partial charge in [-0.15, -0.1) is 0 Å². The fraction of sp³-hybridized carbons (Fsp3) is 0.400. The summed E-state index contributed by atoms with van der Waals surface area (Å²) in [5, 5.41) is 4.36. The highest BCUT2D eigenvalue weighted by Gasteiger charge is 2.18. The molecule has 4 heteroatoms. The van der Waals surface area contributed by atoms with Crippen molar-refractivity contribution in [3.8, 4) is 0 Å². The molecule has 0 fully saturated rings. The van der Waals surface area contributed by atoms with E-state index in [0.29, 0.717) is 0 Å². The van der Waals surface area contributed by atoms with Gasteiger partial charge in [0.15, 0.2) is 0 Å². The average Bonchev–Trinajstić information content (AvgIpc) is 2.88. The van der Waals surface area contributed by atoms with Crippen molar-refractivity contribution in [1.82, 2.24) is 14.9 Å². The van der Waals surface area contributed by atoms with Crippen LogP contribution in [0.3, 0.4) is 0 Å². The van der Waals surface area contributed by atoms with Crippen molar-refractivity contribution >= 4 is 11.6 Å². The molecule has 0 aliphatic carbocycles. The topological polar surface area (TPSA) is 29.9 Å². The van der Waals surface area contributed by atoms with Crippen molar-refractivity contribution in [2.45, 2.75) is 32.4 Å².